The summed E-state index contributed by atoms with van der Waals surface area (Å²) in [5, 5.41) is -0.569. The summed E-state index contributed by atoms with van der Waals surface area (Å²) in [5.41, 5.74) is -0.611. The molecule has 1 fully saturated rings. The number of alkyl halides is 3. The van der Waals surface area contributed by atoms with Gasteiger partial charge in [-0.2, -0.15) is 17.5 Å². The molecule has 174 valence electrons. The number of amides is 1. The molecule has 0 radical (unpaired) electrons. The van der Waals surface area contributed by atoms with Gasteiger partial charge in [0.2, 0.25) is 15.9 Å². The van der Waals surface area contributed by atoms with E-state index in [2.05, 4.69) is 0 Å². The molecule has 0 bridgehead atoms. The van der Waals surface area contributed by atoms with Crippen molar-refractivity contribution in [3.8, 4) is 5.75 Å². The fourth-order valence-corrected chi connectivity index (χ4v) is 5.39. The fraction of sp³-hybridized carbons (Fsp3) is 0.381. The number of carbonyl (C=O) groups excluding carboxylic acids is 1. The molecule has 1 amide bonds. The molecule has 2 aromatic carbocycles. The van der Waals surface area contributed by atoms with Gasteiger partial charge in [-0.1, -0.05) is 23.7 Å². The molecule has 0 atom stereocenters. The molecular weight excluding hydrogens is 469 g/mol. The monoisotopic (exact) mass is 490 g/mol. The van der Waals surface area contributed by atoms with Gasteiger partial charge in [0.15, 0.2) is 0 Å². The number of benzene rings is 2. The van der Waals surface area contributed by atoms with Gasteiger partial charge in [0, 0.05) is 26.1 Å². The molecule has 0 aliphatic carbocycles. The molecular formula is C21H22ClF3N2O4S. The number of ether oxygens (including phenoxy) is 1. The Bertz CT molecular complexity index is 1100. The van der Waals surface area contributed by atoms with Gasteiger partial charge in [-0.05, 0) is 43.2 Å². The van der Waals surface area contributed by atoms with Crippen LogP contribution in [-0.4, -0.2) is 45.9 Å². The number of anilines is 1. The Balaban J connectivity index is 1.73. The summed E-state index contributed by atoms with van der Waals surface area (Å²) in [5.74, 6) is -0.0729. The van der Waals surface area contributed by atoms with Gasteiger partial charge in [-0.25, -0.2) is 8.42 Å². The average Bonchev–Trinajstić information content (AvgIpc) is 2.77. The first-order valence-electron chi connectivity index (χ1n) is 9.74. The molecule has 1 saturated heterocycles. The molecule has 1 aliphatic heterocycles. The first kappa shape index (κ1) is 24.3. The Morgan fingerprint density at radius 2 is 1.78 bits per heavy atom. The van der Waals surface area contributed by atoms with Crippen LogP contribution in [0.25, 0.3) is 0 Å². The highest BCUT2D eigenvalue weighted by Gasteiger charge is 2.37. The molecule has 0 aromatic heterocycles. The number of hydrogen-bond donors (Lipinski definition) is 0. The van der Waals surface area contributed by atoms with E-state index in [-0.39, 0.29) is 31.8 Å². The van der Waals surface area contributed by atoms with Crippen LogP contribution in [0.15, 0.2) is 47.4 Å². The van der Waals surface area contributed by atoms with E-state index in [1.807, 2.05) is 0 Å². The summed E-state index contributed by atoms with van der Waals surface area (Å²) < 4.78 is 71.6. The number of hydrogen-bond acceptors (Lipinski definition) is 4. The first-order chi connectivity index (χ1) is 15.0. The molecule has 11 heteroatoms. The largest absolute Gasteiger partial charge is 0.495 e. The average molecular weight is 491 g/mol. The Morgan fingerprint density at radius 3 is 2.38 bits per heavy atom. The molecule has 1 aliphatic rings. The van der Waals surface area contributed by atoms with E-state index in [0.717, 1.165) is 16.4 Å². The van der Waals surface area contributed by atoms with Crippen LogP contribution in [0.5, 0.6) is 5.75 Å². The van der Waals surface area contributed by atoms with Gasteiger partial charge in [-0.15, -0.1) is 0 Å². The van der Waals surface area contributed by atoms with Gasteiger partial charge in [0.1, 0.15) is 5.75 Å². The van der Waals surface area contributed by atoms with Crippen molar-refractivity contribution in [2.24, 2.45) is 5.92 Å². The maximum absolute atomic E-state index is 13.1. The third-order valence-corrected chi connectivity index (χ3v) is 7.69. The third-order valence-electron chi connectivity index (χ3n) is 5.46. The van der Waals surface area contributed by atoms with Crippen molar-refractivity contribution in [3.05, 3.63) is 53.1 Å². The van der Waals surface area contributed by atoms with E-state index in [0.29, 0.717) is 17.5 Å². The SMILES string of the molecule is COc1ccccc1N(C)C(=O)C1CCN(S(=O)(=O)c2ccc(Cl)c(C(F)(F)F)c2)CC1. The Labute approximate surface area is 189 Å². The van der Waals surface area contributed by atoms with Crippen molar-refractivity contribution in [2.45, 2.75) is 23.9 Å². The van der Waals surface area contributed by atoms with Crippen LogP contribution < -0.4 is 9.64 Å². The predicted molar refractivity (Wildman–Crippen MR) is 114 cm³/mol. The second-order valence-electron chi connectivity index (χ2n) is 7.39. The van der Waals surface area contributed by atoms with E-state index >= 15 is 0 Å². The molecule has 2 aromatic rings. The van der Waals surface area contributed by atoms with E-state index in [9.17, 15) is 26.4 Å². The Kier molecular flexibility index (Phi) is 7.06. The number of nitrogens with zero attached hydrogens (tertiary/aromatic N) is 2. The van der Waals surface area contributed by atoms with E-state index in [4.69, 9.17) is 16.3 Å². The van der Waals surface area contributed by atoms with E-state index < -0.39 is 37.6 Å². The molecule has 0 spiro atoms. The molecule has 3 rings (SSSR count). The van der Waals surface area contributed by atoms with Crippen LogP contribution in [0.4, 0.5) is 18.9 Å². The zero-order valence-corrected chi connectivity index (χ0v) is 19.0. The Hall–Kier alpha value is -2.30. The third kappa shape index (κ3) is 4.87. The highest BCUT2D eigenvalue weighted by atomic mass is 35.5. The number of carbonyl (C=O) groups is 1. The van der Waals surface area contributed by atoms with Crippen molar-refractivity contribution in [1.82, 2.24) is 4.31 Å². The number of para-hydroxylation sites is 2. The maximum Gasteiger partial charge on any atom is 0.417 e. The number of sulfonamides is 1. The molecule has 1 heterocycles. The van der Waals surface area contributed by atoms with Crippen LogP contribution in [-0.2, 0) is 21.0 Å². The number of halogens is 4. The molecule has 0 N–H and O–H groups in total. The lowest BCUT2D eigenvalue weighted by Crippen LogP contribution is -2.43. The van der Waals surface area contributed by atoms with Crippen molar-refractivity contribution < 1.29 is 31.1 Å². The lowest BCUT2D eigenvalue weighted by molar-refractivity contribution is -0.137. The summed E-state index contributed by atoms with van der Waals surface area (Å²) in [6, 6.07) is 9.56. The van der Waals surface area contributed by atoms with Crippen molar-refractivity contribution in [3.63, 3.8) is 0 Å². The van der Waals surface area contributed by atoms with Crippen LogP contribution in [0.1, 0.15) is 18.4 Å². The fourth-order valence-electron chi connectivity index (χ4n) is 3.67. The van der Waals surface area contributed by atoms with Crippen LogP contribution in [0, 0.1) is 5.92 Å². The summed E-state index contributed by atoms with van der Waals surface area (Å²) in [6.07, 6.45) is -4.28. The van der Waals surface area contributed by atoms with Gasteiger partial charge in [0.25, 0.3) is 0 Å². The lowest BCUT2D eigenvalue weighted by Gasteiger charge is -2.33. The summed E-state index contributed by atoms with van der Waals surface area (Å²) >= 11 is 5.59. The quantitative estimate of drug-likeness (QED) is 0.622. The van der Waals surface area contributed by atoms with Gasteiger partial charge in [0.05, 0.1) is 28.3 Å². The standard InChI is InChI=1S/C21H22ClF3N2O4S/c1-26(18-5-3-4-6-19(18)31-2)20(28)14-9-11-27(12-10-14)32(29,30)15-7-8-17(22)16(13-15)21(23,24)25/h3-8,13-14H,9-12H2,1-2H3. The zero-order chi connectivity index (χ0) is 23.7. The minimum Gasteiger partial charge on any atom is -0.495 e. The second kappa shape index (κ2) is 9.29. The van der Waals surface area contributed by atoms with Crippen LogP contribution >= 0.6 is 11.6 Å². The van der Waals surface area contributed by atoms with Gasteiger partial charge in [-0.3, -0.25) is 4.79 Å². The molecule has 6 nitrogen and oxygen atoms in total. The van der Waals surface area contributed by atoms with Crippen molar-refractivity contribution >= 4 is 33.2 Å². The van der Waals surface area contributed by atoms with Gasteiger partial charge < -0.3 is 9.64 Å². The summed E-state index contributed by atoms with van der Waals surface area (Å²) in [7, 11) is -1.04. The maximum atomic E-state index is 13.1. The lowest BCUT2D eigenvalue weighted by atomic mass is 9.96. The van der Waals surface area contributed by atoms with Crippen LogP contribution in [0.2, 0.25) is 5.02 Å². The van der Waals surface area contributed by atoms with Crippen molar-refractivity contribution in [1.29, 1.82) is 0 Å². The Morgan fingerprint density at radius 1 is 1.16 bits per heavy atom. The minimum absolute atomic E-state index is 0.0164. The normalized spacial score (nSPS) is 16.1. The number of methoxy groups -OCH3 is 1. The highest BCUT2D eigenvalue weighted by molar-refractivity contribution is 7.89. The van der Waals surface area contributed by atoms with E-state index in [1.165, 1.54) is 12.0 Å². The van der Waals surface area contributed by atoms with Gasteiger partial charge >= 0.3 is 6.18 Å². The van der Waals surface area contributed by atoms with E-state index in [1.54, 1.807) is 31.3 Å². The predicted octanol–water partition coefficient (Wildman–Crippen LogP) is 4.43. The minimum atomic E-state index is -4.77. The zero-order valence-electron chi connectivity index (χ0n) is 17.4. The first-order valence-corrected chi connectivity index (χ1v) is 11.6. The topological polar surface area (TPSA) is 66.9 Å². The number of rotatable bonds is 5. The summed E-state index contributed by atoms with van der Waals surface area (Å²) in [4.78, 5) is 13.9. The summed E-state index contributed by atoms with van der Waals surface area (Å²) in [6.45, 7) is 0.0327. The van der Waals surface area contributed by atoms with Crippen LogP contribution in [0.3, 0.4) is 0 Å². The highest BCUT2D eigenvalue weighted by Crippen LogP contribution is 2.37. The molecule has 0 unspecified atom stereocenters. The molecule has 0 saturated carbocycles. The smallest absolute Gasteiger partial charge is 0.417 e. The second-order valence-corrected chi connectivity index (χ2v) is 9.73. The number of piperidine rings is 1. The van der Waals surface area contributed by atoms with Crippen molar-refractivity contribution in [2.75, 3.05) is 32.1 Å². The molecule has 32 heavy (non-hydrogen) atoms.